The zero-order valence-corrected chi connectivity index (χ0v) is 8.09. The molecule has 0 fully saturated rings. The molecule has 0 aliphatic heterocycles. The molecule has 0 bridgehead atoms. The summed E-state index contributed by atoms with van der Waals surface area (Å²) in [5.74, 6) is 0. The normalized spacial score (nSPS) is 10.1. The Labute approximate surface area is 75.9 Å². The van der Waals surface area contributed by atoms with Crippen molar-refractivity contribution in [1.29, 1.82) is 0 Å². The van der Waals surface area contributed by atoms with Crippen LogP contribution in [0.1, 0.15) is 5.56 Å². The Hall–Kier alpha value is -0.340. The maximum absolute atomic E-state index is 5.83. The molecule has 0 atom stereocenters. The van der Waals surface area contributed by atoms with Gasteiger partial charge in [-0.15, -0.1) is 11.8 Å². The van der Waals surface area contributed by atoms with Crippen LogP contribution >= 0.6 is 23.4 Å². The summed E-state index contributed by atoms with van der Waals surface area (Å²) in [6.45, 7) is 2.03. The van der Waals surface area contributed by atoms with E-state index < -0.39 is 0 Å². The lowest BCUT2D eigenvalue weighted by atomic mass is 10.2. The van der Waals surface area contributed by atoms with Gasteiger partial charge < -0.3 is 5.73 Å². The number of benzene rings is 1. The Morgan fingerprint density at radius 3 is 2.64 bits per heavy atom. The summed E-state index contributed by atoms with van der Waals surface area (Å²) in [7, 11) is 0. The second kappa shape index (κ2) is 3.37. The van der Waals surface area contributed by atoms with Gasteiger partial charge >= 0.3 is 0 Å². The van der Waals surface area contributed by atoms with Crippen LogP contribution in [0.4, 0.5) is 5.69 Å². The largest absolute Gasteiger partial charge is 0.398 e. The lowest BCUT2D eigenvalue weighted by molar-refractivity contribution is 1.31. The van der Waals surface area contributed by atoms with Gasteiger partial charge in [0.15, 0.2) is 0 Å². The Morgan fingerprint density at radius 2 is 2.09 bits per heavy atom. The molecule has 0 aliphatic rings. The fourth-order valence-electron chi connectivity index (χ4n) is 0.906. The molecule has 0 saturated carbocycles. The van der Waals surface area contributed by atoms with Gasteiger partial charge in [-0.05, 0) is 30.9 Å². The van der Waals surface area contributed by atoms with Gasteiger partial charge in [-0.1, -0.05) is 11.6 Å². The summed E-state index contributed by atoms with van der Waals surface area (Å²) >= 11 is 7.50. The molecule has 60 valence electrons. The predicted octanol–water partition coefficient (Wildman–Crippen LogP) is 2.95. The topological polar surface area (TPSA) is 26.0 Å². The van der Waals surface area contributed by atoms with Crippen LogP contribution in [-0.2, 0) is 0 Å². The van der Waals surface area contributed by atoms with Crippen molar-refractivity contribution in [1.82, 2.24) is 0 Å². The van der Waals surface area contributed by atoms with E-state index in [1.54, 1.807) is 11.8 Å². The molecule has 0 spiro atoms. The number of nitrogens with two attached hydrogens (primary N) is 1. The molecule has 1 rings (SSSR count). The zero-order chi connectivity index (χ0) is 8.43. The highest BCUT2D eigenvalue weighted by Gasteiger charge is 2.01. The van der Waals surface area contributed by atoms with Crippen LogP contribution in [0.25, 0.3) is 0 Å². The van der Waals surface area contributed by atoms with Gasteiger partial charge in [0.2, 0.25) is 0 Å². The number of hydrogen-bond acceptors (Lipinski definition) is 2. The van der Waals surface area contributed by atoms with Crippen molar-refractivity contribution in [3.05, 3.63) is 22.7 Å². The molecular formula is C8H10ClNS. The summed E-state index contributed by atoms with van der Waals surface area (Å²) < 4.78 is 0. The van der Waals surface area contributed by atoms with E-state index in [0.29, 0.717) is 10.7 Å². The maximum Gasteiger partial charge on any atom is 0.0646 e. The third-order valence-corrected chi connectivity index (χ3v) is 2.72. The van der Waals surface area contributed by atoms with Gasteiger partial charge in [-0.2, -0.15) is 0 Å². The summed E-state index contributed by atoms with van der Waals surface area (Å²) in [6.07, 6.45) is 2.02. The summed E-state index contributed by atoms with van der Waals surface area (Å²) in [5, 5.41) is 0.639. The van der Waals surface area contributed by atoms with E-state index in [9.17, 15) is 0 Å². The van der Waals surface area contributed by atoms with Crippen molar-refractivity contribution in [2.75, 3.05) is 12.0 Å². The molecule has 0 amide bonds. The lowest BCUT2D eigenvalue weighted by Gasteiger charge is -2.04. The number of hydrogen-bond donors (Lipinski definition) is 1. The van der Waals surface area contributed by atoms with Gasteiger partial charge in [-0.3, -0.25) is 0 Å². The first-order valence-corrected chi connectivity index (χ1v) is 4.85. The number of rotatable bonds is 1. The van der Waals surface area contributed by atoms with E-state index in [1.807, 2.05) is 25.3 Å². The van der Waals surface area contributed by atoms with Crippen LogP contribution in [0.3, 0.4) is 0 Å². The van der Waals surface area contributed by atoms with Gasteiger partial charge in [0.05, 0.1) is 10.7 Å². The highest BCUT2D eigenvalue weighted by atomic mass is 35.5. The first-order chi connectivity index (χ1) is 5.15. The number of anilines is 1. The molecule has 1 nitrogen and oxygen atoms in total. The Kier molecular flexibility index (Phi) is 2.68. The molecule has 0 heterocycles. The van der Waals surface area contributed by atoms with E-state index >= 15 is 0 Å². The van der Waals surface area contributed by atoms with Crippen LogP contribution in [-0.4, -0.2) is 6.26 Å². The average molecular weight is 188 g/mol. The van der Waals surface area contributed by atoms with Crippen molar-refractivity contribution < 1.29 is 0 Å². The summed E-state index contributed by atoms with van der Waals surface area (Å²) in [4.78, 5) is 1.18. The van der Waals surface area contributed by atoms with Gasteiger partial charge in [0, 0.05) is 4.90 Å². The molecule has 3 heteroatoms. The van der Waals surface area contributed by atoms with Crippen molar-refractivity contribution in [3.63, 3.8) is 0 Å². The second-order valence-electron chi connectivity index (χ2n) is 2.34. The minimum atomic E-state index is 0.639. The van der Waals surface area contributed by atoms with Crippen LogP contribution < -0.4 is 5.73 Å². The van der Waals surface area contributed by atoms with Crippen LogP contribution in [0.2, 0.25) is 5.02 Å². The zero-order valence-electron chi connectivity index (χ0n) is 6.52. The van der Waals surface area contributed by atoms with E-state index in [1.165, 1.54) is 10.5 Å². The Bertz CT molecular complexity index is 273. The fourth-order valence-corrected chi connectivity index (χ4v) is 1.75. The van der Waals surface area contributed by atoms with Crippen molar-refractivity contribution in [2.24, 2.45) is 0 Å². The highest BCUT2D eigenvalue weighted by molar-refractivity contribution is 7.98. The van der Waals surface area contributed by atoms with Crippen molar-refractivity contribution >= 4 is 29.1 Å². The quantitative estimate of drug-likeness (QED) is 0.541. The van der Waals surface area contributed by atoms with Gasteiger partial charge in [0.1, 0.15) is 0 Å². The summed E-state index contributed by atoms with van der Waals surface area (Å²) in [5.41, 5.74) is 7.44. The fraction of sp³-hybridized carbons (Fsp3) is 0.250. The lowest BCUT2D eigenvalue weighted by Crippen LogP contribution is -1.88. The first kappa shape index (κ1) is 8.75. The molecule has 0 aliphatic carbocycles. The Morgan fingerprint density at radius 1 is 1.45 bits per heavy atom. The van der Waals surface area contributed by atoms with Gasteiger partial charge in [-0.25, -0.2) is 0 Å². The minimum Gasteiger partial charge on any atom is -0.398 e. The molecule has 0 unspecified atom stereocenters. The third-order valence-electron chi connectivity index (χ3n) is 1.51. The van der Waals surface area contributed by atoms with Crippen LogP contribution in [0.15, 0.2) is 17.0 Å². The van der Waals surface area contributed by atoms with E-state index in [-0.39, 0.29) is 0 Å². The van der Waals surface area contributed by atoms with E-state index in [4.69, 9.17) is 17.3 Å². The second-order valence-corrected chi connectivity index (χ2v) is 3.60. The first-order valence-electron chi connectivity index (χ1n) is 3.24. The monoisotopic (exact) mass is 187 g/mol. The third kappa shape index (κ3) is 1.82. The molecular weight excluding hydrogens is 178 g/mol. The van der Waals surface area contributed by atoms with Crippen molar-refractivity contribution in [2.45, 2.75) is 11.8 Å². The summed E-state index contributed by atoms with van der Waals surface area (Å²) in [6, 6.07) is 3.80. The number of aryl methyl sites for hydroxylation is 1. The SMILES string of the molecule is CSc1cc(Cl)c(N)cc1C. The highest BCUT2D eigenvalue weighted by Crippen LogP contribution is 2.28. The molecule has 2 N–H and O–H groups in total. The number of nitrogen functional groups attached to an aromatic ring is 1. The molecule has 0 saturated heterocycles. The smallest absolute Gasteiger partial charge is 0.0646 e. The van der Waals surface area contributed by atoms with Gasteiger partial charge in [0.25, 0.3) is 0 Å². The molecule has 1 aromatic rings. The van der Waals surface area contributed by atoms with Crippen molar-refractivity contribution in [3.8, 4) is 0 Å². The molecule has 1 aromatic carbocycles. The number of thioether (sulfide) groups is 1. The van der Waals surface area contributed by atoms with E-state index in [2.05, 4.69) is 0 Å². The predicted molar refractivity (Wildman–Crippen MR) is 52.4 cm³/mol. The number of halogens is 1. The van der Waals surface area contributed by atoms with E-state index in [0.717, 1.165) is 0 Å². The van der Waals surface area contributed by atoms with Crippen LogP contribution in [0.5, 0.6) is 0 Å². The molecule has 0 aromatic heterocycles. The molecule has 11 heavy (non-hydrogen) atoms. The average Bonchev–Trinajstić information content (AvgIpc) is 1.97. The Balaban J connectivity index is 3.21. The minimum absolute atomic E-state index is 0.639. The standard InChI is InChI=1S/C8H10ClNS/c1-5-3-7(10)6(9)4-8(5)11-2/h3-4H,10H2,1-2H3. The maximum atomic E-state index is 5.83. The van der Waals surface area contributed by atoms with Crippen LogP contribution in [0, 0.1) is 6.92 Å². The molecule has 0 radical (unpaired) electrons.